The van der Waals surface area contributed by atoms with Crippen molar-refractivity contribution in [3.8, 4) is 11.1 Å². The number of rotatable bonds is 2. The van der Waals surface area contributed by atoms with Crippen molar-refractivity contribution in [3.63, 3.8) is 0 Å². The van der Waals surface area contributed by atoms with E-state index in [4.69, 9.17) is 11.6 Å². The van der Waals surface area contributed by atoms with Gasteiger partial charge < -0.3 is 0 Å². The molecule has 0 bridgehead atoms. The summed E-state index contributed by atoms with van der Waals surface area (Å²) in [6, 6.07) is 10.4. The SMILES string of the molecule is Cc1cc(CCl)ccc1-c1cccnc1C. The van der Waals surface area contributed by atoms with Gasteiger partial charge in [0.05, 0.1) is 0 Å². The normalized spacial score (nSPS) is 10.4. The first-order valence-electron chi connectivity index (χ1n) is 5.30. The lowest BCUT2D eigenvalue weighted by Crippen LogP contribution is -1.90. The summed E-state index contributed by atoms with van der Waals surface area (Å²) in [6.07, 6.45) is 1.82. The van der Waals surface area contributed by atoms with Crippen molar-refractivity contribution in [2.75, 3.05) is 0 Å². The van der Waals surface area contributed by atoms with Gasteiger partial charge >= 0.3 is 0 Å². The third-order valence-electron chi connectivity index (χ3n) is 2.74. The van der Waals surface area contributed by atoms with Gasteiger partial charge in [-0.25, -0.2) is 0 Å². The van der Waals surface area contributed by atoms with Crippen LogP contribution in [-0.2, 0) is 5.88 Å². The van der Waals surface area contributed by atoms with Crippen molar-refractivity contribution < 1.29 is 0 Å². The maximum absolute atomic E-state index is 5.82. The quantitative estimate of drug-likeness (QED) is 0.709. The van der Waals surface area contributed by atoms with Crippen molar-refractivity contribution in [2.45, 2.75) is 19.7 Å². The molecule has 2 aromatic rings. The van der Waals surface area contributed by atoms with E-state index in [1.54, 1.807) is 0 Å². The molecule has 0 N–H and O–H groups in total. The number of hydrogen-bond donors (Lipinski definition) is 0. The van der Waals surface area contributed by atoms with Crippen molar-refractivity contribution in [1.29, 1.82) is 0 Å². The molecule has 2 rings (SSSR count). The second-order valence-corrected chi connectivity index (χ2v) is 4.19. The maximum atomic E-state index is 5.82. The van der Waals surface area contributed by atoms with E-state index >= 15 is 0 Å². The van der Waals surface area contributed by atoms with Crippen molar-refractivity contribution in [2.24, 2.45) is 0 Å². The number of halogens is 1. The first-order chi connectivity index (χ1) is 7.72. The molecule has 0 aliphatic rings. The summed E-state index contributed by atoms with van der Waals surface area (Å²) in [6.45, 7) is 4.14. The molecule has 1 aromatic carbocycles. The van der Waals surface area contributed by atoms with E-state index in [0.717, 1.165) is 11.3 Å². The van der Waals surface area contributed by atoms with Gasteiger partial charge in [0.1, 0.15) is 0 Å². The fraction of sp³-hybridized carbons (Fsp3) is 0.214. The molecule has 82 valence electrons. The molecule has 0 atom stereocenters. The Morgan fingerprint density at radius 3 is 2.56 bits per heavy atom. The van der Waals surface area contributed by atoms with Crippen LogP contribution in [0.5, 0.6) is 0 Å². The van der Waals surface area contributed by atoms with E-state index in [2.05, 4.69) is 36.2 Å². The first kappa shape index (κ1) is 11.2. The second kappa shape index (κ2) is 4.67. The van der Waals surface area contributed by atoms with Crippen LogP contribution in [0.25, 0.3) is 11.1 Å². The zero-order valence-corrected chi connectivity index (χ0v) is 10.3. The number of aryl methyl sites for hydroxylation is 2. The number of hydrogen-bond acceptors (Lipinski definition) is 1. The van der Waals surface area contributed by atoms with E-state index < -0.39 is 0 Å². The van der Waals surface area contributed by atoms with E-state index in [0.29, 0.717) is 5.88 Å². The van der Waals surface area contributed by atoms with Crippen molar-refractivity contribution in [1.82, 2.24) is 4.98 Å². The third kappa shape index (κ3) is 2.10. The molecule has 1 aromatic heterocycles. The lowest BCUT2D eigenvalue weighted by Gasteiger charge is -2.09. The van der Waals surface area contributed by atoms with E-state index in [1.165, 1.54) is 16.7 Å². The predicted molar refractivity (Wildman–Crippen MR) is 68.7 cm³/mol. The fourth-order valence-electron chi connectivity index (χ4n) is 1.88. The van der Waals surface area contributed by atoms with E-state index in [-0.39, 0.29) is 0 Å². The van der Waals surface area contributed by atoms with Gasteiger partial charge in [-0.05, 0) is 36.6 Å². The molecule has 0 saturated heterocycles. The molecule has 1 heterocycles. The topological polar surface area (TPSA) is 12.9 Å². The zero-order chi connectivity index (χ0) is 11.5. The van der Waals surface area contributed by atoms with Crippen LogP contribution in [0, 0.1) is 13.8 Å². The summed E-state index contributed by atoms with van der Waals surface area (Å²) in [7, 11) is 0. The maximum Gasteiger partial charge on any atom is 0.0474 e. The van der Waals surface area contributed by atoms with Gasteiger partial charge in [-0.3, -0.25) is 4.98 Å². The average Bonchev–Trinajstić information content (AvgIpc) is 2.30. The van der Waals surface area contributed by atoms with Gasteiger partial charge in [-0.2, -0.15) is 0 Å². The van der Waals surface area contributed by atoms with Gasteiger partial charge in [-0.1, -0.05) is 24.3 Å². The molecule has 2 heteroatoms. The standard InChI is InChI=1S/C14H14ClN/c1-10-8-12(9-15)5-6-13(10)14-4-3-7-16-11(14)2/h3-8H,9H2,1-2H3. The van der Waals surface area contributed by atoms with Crippen LogP contribution in [0.3, 0.4) is 0 Å². The molecule has 0 aliphatic carbocycles. The molecule has 0 saturated carbocycles. The Bertz CT molecular complexity index is 506. The summed E-state index contributed by atoms with van der Waals surface area (Å²) in [5, 5.41) is 0. The summed E-state index contributed by atoms with van der Waals surface area (Å²) in [5.74, 6) is 0.563. The van der Waals surface area contributed by atoms with Crippen molar-refractivity contribution in [3.05, 3.63) is 53.3 Å². The Balaban J connectivity index is 2.53. The third-order valence-corrected chi connectivity index (χ3v) is 3.05. The number of benzene rings is 1. The highest BCUT2D eigenvalue weighted by Gasteiger charge is 2.05. The van der Waals surface area contributed by atoms with Crippen LogP contribution in [0.1, 0.15) is 16.8 Å². The van der Waals surface area contributed by atoms with Crippen LogP contribution in [0.2, 0.25) is 0 Å². The van der Waals surface area contributed by atoms with Gasteiger partial charge in [-0.15, -0.1) is 11.6 Å². The Hall–Kier alpha value is -1.34. The van der Waals surface area contributed by atoms with Crippen molar-refractivity contribution >= 4 is 11.6 Å². The molecule has 0 spiro atoms. The number of aromatic nitrogens is 1. The number of alkyl halides is 1. The Morgan fingerprint density at radius 1 is 1.12 bits per heavy atom. The predicted octanol–water partition coefficient (Wildman–Crippen LogP) is 4.10. The largest absolute Gasteiger partial charge is 0.261 e. The minimum Gasteiger partial charge on any atom is -0.261 e. The smallest absolute Gasteiger partial charge is 0.0474 e. The number of pyridine rings is 1. The second-order valence-electron chi connectivity index (χ2n) is 3.92. The molecule has 0 fully saturated rings. The lowest BCUT2D eigenvalue weighted by molar-refractivity contribution is 1.20. The molecule has 16 heavy (non-hydrogen) atoms. The van der Waals surface area contributed by atoms with Crippen LogP contribution in [0.4, 0.5) is 0 Å². The lowest BCUT2D eigenvalue weighted by atomic mass is 9.98. The minimum atomic E-state index is 0.563. The monoisotopic (exact) mass is 231 g/mol. The van der Waals surface area contributed by atoms with Gasteiger partial charge in [0, 0.05) is 23.3 Å². The Labute approximate surface area is 101 Å². The molecule has 0 aliphatic heterocycles. The fourth-order valence-corrected chi connectivity index (χ4v) is 2.05. The molecule has 0 amide bonds. The summed E-state index contributed by atoms with van der Waals surface area (Å²) in [4.78, 5) is 4.31. The van der Waals surface area contributed by atoms with Crippen LogP contribution >= 0.6 is 11.6 Å². The number of nitrogens with zero attached hydrogens (tertiary/aromatic N) is 1. The Morgan fingerprint density at radius 2 is 1.94 bits per heavy atom. The molecule has 0 radical (unpaired) electrons. The van der Waals surface area contributed by atoms with Crippen LogP contribution in [-0.4, -0.2) is 4.98 Å². The van der Waals surface area contributed by atoms with Gasteiger partial charge in [0.25, 0.3) is 0 Å². The highest BCUT2D eigenvalue weighted by atomic mass is 35.5. The van der Waals surface area contributed by atoms with E-state index in [9.17, 15) is 0 Å². The first-order valence-corrected chi connectivity index (χ1v) is 5.83. The van der Waals surface area contributed by atoms with E-state index in [1.807, 2.05) is 19.2 Å². The summed E-state index contributed by atoms with van der Waals surface area (Å²) in [5.41, 5.74) is 5.89. The van der Waals surface area contributed by atoms with Gasteiger partial charge in [0.15, 0.2) is 0 Å². The average molecular weight is 232 g/mol. The summed E-state index contributed by atoms with van der Waals surface area (Å²) < 4.78 is 0. The highest BCUT2D eigenvalue weighted by molar-refractivity contribution is 6.17. The molecule has 0 unspecified atom stereocenters. The molecule has 1 nitrogen and oxygen atoms in total. The molecular weight excluding hydrogens is 218 g/mol. The zero-order valence-electron chi connectivity index (χ0n) is 9.50. The Kier molecular flexibility index (Phi) is 3.25. The summed E-state index contributed by atoms with van der Waals surface area (Å²) >= 11 is 5.82. The minimum absolute atomic E-state index is 0.563. The van der Waals surface area contributed by atoms with Gasteiger partial charge in [0.2, 0.25) is 0 Å². The van der Waals surface area contributed by atoms with Crippen LogP contribution in [0.15, 0.2) is 36.5 Å². The highest BCUT2D eigenvalue weighted by Crippen LogP contribution is 2.26. The molecular formula is C14H14ClN. The van der Waals surface area contributed by atoms with Crippen LogP contribution < -0.4 is 0 Å².